The standard InChI is InChI=1S/C19H18N2O4S/c1-3-25-19(22)17-13-18(15-7-5-4-6-8-15)21(20-17)26(23,24)16-11-9-14(2)10-12-16/h4-13H,3H2,1-2H3. The molecule has 3 aromatic rings. The zero-order chi connectivity index (χ0) is 18.7. The van der Waals surface area contributed by atoms with Gasteiger partial charge in [0.25, 0.3) is 10.0 Å². The Morgan fingerprint density at radius 3 is 2.35 bits per heavy atom. The van der Waals surface area contributed by atoms with Crippen LogP contribution in [0.2, 0.25) is 0 Å². The highest BCUT2D eigenvalue weighted by atomic mass is 32.2. The average molecular weight is 370 g/mol. The lowest BCUT2D eigenvalue weighted by atomic mass is 10.1. The third kappa shape index (κ3) is 3.39. The molecule has 0 amide bonds. The molecule has 134 valence electrons. The fraction of sp³-hybridized carbons (Fsp3) is 0.158. The van der Waals surface area contributed by atoms with E-state index in [2.05, 4.69) is 5.10 Å². The van der Waals surface area contributed by atoms with Crippen LogP contribution < -0.4 is 0 Å². The van der Waals surface area contributed by atoms with E-state index in [1.165, 1.54) is 18.2 Å². The van der Waals surface area contributed by atoms with E-state index < -0.39 is 16.0 Å². The fourth-order valence-electron chi connectivity index (χ4n) is 2.47. The highest BCUT2D eigenvalue weighted by molar-refractivity contribution is 7.90. The van der Waals surface area contributed by atoms with Crippen LogP contribution in [0, 0.1) is 6.92 Å². The topological polar surface area (TPSA) is 78.3 Å². The third-order valence-electron chi connectivity index (χ3n) is 3.78. The van der Waals surface area contributed by atoms with E-state index in [1.54, 1.807) is 43.3 Å². The van der Waals surface area contributed by atoms with Gasteiger partial charge in [-0.15, -0.1) is 5.10 Å². The number of nitrogens with zero attached hydrogens (tertiary/aromatic N) is 2. The maximum Gasteiger partial charge on any atom is 0.358 e. The minimum absolute atomic E-state index is 0.0543. The van der Waals surface area contributed by atoms with Crippen molar-refractivity contribution in [1.82, 2.24) is 9.19 Å². The SMILES string of the molecule is CCOC(=O)c1cc(-c2ccccc2)n(S(=O)(=O)c2ccc(C)cc2)n1. The number of ether oxygens (including phenoxy) is 1. The fourth-order valence-corrected chi connectivity index (χ4v) is 3.76. The van der Waals surface area contributed by atoms with E-state index >= 15 is 0 Å². The maximum absolute atomic E-state index is 13.1. The van der Waals surface area contributed by atoms with Gasteiger partial charge in [0.15, 0.2) is 5.69 Å². The Bertz CT molecular complexity index is 1020. The summed E-state index contributed by atoms with van der Waals surface area (Å²) in [5.41, 5.74) is 1.82. The largest absolute Gasteiger partial charge is 0.461 e. The van der Waals surface area contributed by atoms with E-state index in [9.17, 15) is 13.2 Å². The van der Waals surface area contributed by atoms with Crippen LogP contribution in [-0.4, -0.2) is 30.2 Å². The molecule has 0 aliphatic rings. The number of hydrogen-bond donors (Lipinski definition) is 0. The first-order valence-corrected chi connectivity index (χ1v) is 9.52. The molecule has 1 heterocycles. The van der Waals surface area contributed by atoms with Gasteiger partial charge in [-0.2, -0.15) is 12.5 Å². The summed E-state index contributed by atoms with van der Waals surface area (Å²) in [6, 6.07) is 16.8. The smallest absolute Gasteiger partial charge is 0.358 e. The first-order chi connectivity index (χ1) is 12.4. The molecule has 1 aromatic heterocycles. The molecule has 0 saturated carbocycles. The summed E-state index contributed by atoms with van der Waals surface area (Å²) in [5, 5.41) is 4.03. The molecule has 0 fully saturated rings. The van der Waals surface area contributed by atoms with Gasteiger partial charge < -0.3 is 4.74 Å². The van der Waals surface area contributed by atoms with Crippen LogP contribution in [0.15, 0.2) is 65.6 Å². The summed E-state index contributed by atoms with van der Waals surface area (Å²) in [4.78, 5) is 12.2. The minimum Gasteiger partial charge on any atom is -0.461 e. The molecule has 6 nitrogen and oxygen atoms in total. The predicted octanol–water partition coefficient (Wildman–Crippen LogP) is 3.27. The van der Waals surface area contributed by atoms with Crippen molar-refractivity contribution in [3.05, 3.63) is 71.9 Å². The van der Waals surface area contributed by atoms with Crippen molar-refractivity contribution in [2.75, 3.05) is 6.61 Å². The summed E-state index contributed by atoms with van der Waals surface area (Å²) in [6.07, 6.45) is 0. The lowest BCUT2D eigenvalue weighted by Crippen LogP contribution is -2.17. The first-order valence-electron chi connectivity index (χ1n) is 8.08. The summed E-state index contributed by atoms with van der Waals surface area (Å²) in [7, 11) is -3.96. The van der Waals surface area contributed by atoms with Gasteiger partial charge in [-0.05, 0) is 26.0 Å². The second-order valence-electron chi connectivity index (χ2n) is 5.66. The Kier molecular flexibility index (Phi) is 4.90. The Labute approximate surface area is 152 Å². The molecular formula is C19H18N2O4S. The molecule has 0 aliphatic carbocycles. The molecule has 0 saturated heterocycles. The molecule has 7 heteroatoms. The summed E-state index contributed by atoms with van der Waals surface area (Å²) in [6.45, 7) is 3.73. The summed E-state index contributed by atoms with van der Waals surface area (Å²) >= 11 is 0. The van der Waals surface area contributed by atoms with Crippen molar-refractivity contribution in [3.8, 4) is 11.3 Å². The highest BCUT2D eigenvalue weighted by Crippen LogP contribution is 2.25. The minimum atomic E-state index is -3.96. The van der Waals surface area contributed by atoms with Crippen molar-refractivity contribution >= 4 is 16.0 Å². The molecule has 0 radical (unpaired) electrons. The van der Waals surface area contributed by atoms with Crippen molar-refractivity contribution in [2.24, 2.45) is 0 Å². The Morgan fingerprint density at radius 2 is 1.73 bits per heavy atom. The molecule has 0 spiro atoms. The molecule has 0 N–H and O–H groups in total. The molecule has 3 rings (SSSR count). The molecule has 2 aromatic carbocycles. The van der Waals surface area contributed by atoms with Crippen molar-refractivity contribution in [2.45, 2.75) is 18.7 Å². The second-order valence-corrected chi connectivity index (χ2v) is 7.43. The summed E-state index contributed by atoms with van der Waals surface area (Å²) in [5.74, 6) is -0.664. The second kappa shape index (κ2) is 7.13. The van der Waals surface area contributed by atoms with Gasteiger partial charge in [-0.25, -0.2) is 4.79 Å². The Hall–Kier alpha value is -2.93. The Morgan fingerprint density at radius 1 is 1.08 bits per heavy atom. The zero-order valence-electron chi connectivity index (χ0n) is 14.4. The Balaban J connectivity index is 2.18. The van der Waals surface area contributed by atoms with Crippen LogP contribution in [0.3, 0.4) is 0 Å². The predicted molar refractivity (Wildman–Crippen MR) is 97.4 cm³/mol. The lowest BCUT2D eigenvalue weighted by molar-refractivity contribution is 0.0519. The van der Waals surface area contributed by atoms with E-state index in [0.29, 0.717) is 11.3 Å². The van der Waals surface area contributed by atoms with Gasteiger partial charge in [0.2, 0.25) is 0 Å². The zero-order valence-corrected chi connectivity index (χ0v) is 15.2. The van der Waals surface area contributed by atoms with Crippen molar-refractivity contribution in [1.29, 1.82) is 0 Å². The molecular weight excluding hydrogens is 352 g/mol. The van der Waals surface area contributed by atoms with Gasteiger partial charge in [0.05, 0.1) is 17.2 Å². The van der Waals surface area contributed by atoms with Crippen molar-refractivity contribution in [3.63, 3.8) is 0 Å². The van der Waals surface area contributed by atoms with Crippen LogP contribution in [0.4, 0.5) is 0 Å². The molecule has 26 heavy (non-hydrogen) atoms. The van der Waals surface area contributed by atoms with Crippen LogP contribution in [0.5, 0.6) is 0 Å². The lowest BCUT2D eigenvalue weighted by Gasteiger charge is -2.09. The summed E-state index contributed by atoms with van der Waals surface area (Å²) < 4.78 is 32.0. The normalized spacial score (nSPS) is 11.3. The van der Waals surface area contributed by atoms with E-state index in [1.807, 2.05) is 13.0 Å². The first kappa shape index (κ1) is 17.9. The molecule has 0 atom stereocenters. The van der Waals surface area contributed by atoms with E-state index in [-0.39, 0.29) is 17.2 Å². The number of carbonyl (C=O) groups excluding carboxylic acids is 1. The quantitative estimate of drug-likeness (QED) is 0.644. The molecule has 0 bridgehead atoms. The monoisotopic (exact) mass is 370 g/mol. The number of benzene rings is 2. The van der Waals surface area contributed by atoms with Crippen LogP contribution in [-0.2, 0) is 14.8 Å². The van der Waals surface area contributed by atoms with Gasteiger partial charge in [-0.3, -0.25) is 0 Å². The van der Waals surface area contributed by atoms with E-state index in [0.717, 1.165) is 9.65 Å². The van der Waals surface area contributed by atoms with Gasteiger partial charge in [0.1, 0.15) is 0 Å². The average Bonchev–Trinajstić information content (AvgIpc) is 3.09. The number of rotatable bonds is 5. The highest BCUT2D eigenvalue weighted by Gasteiger charge is 2.25. The van der Waals surface area contributed by atoms with Gasteiger partial charge >= 0.3 is 5.97 Å². The van der Waals surface area contributed by atoms with Crippen LogP contribution >= 0.6 is 0 Å². The number of esters is 1. The maximum atomic E-state index is 13.1. The van der Waals surface area contributed by atoms with Crippen LogP contribution in [0.1, 0.15) is 23.0 Å². The number of aryl methyl sites for hydroxylation is 1. The number of carbonyl (C=O) groups is 1. The van der Waals surface area contributed by atoms with Gasteiger partial charge in [-0.1, -0.05) is 48.0 Å². The number of aromatic nitrogens is 2. The van der Waals surface area contributed by atoms with Gasteiger partial charge in [0, 0.05) is 11.6 Å². The molecule has 0 aliphatic heterocycles. The van der Waals surface area contributed by atoms with Crippen LogP contribution in [0.25, 0.3) is 11.3 Å². The molecule has 0 unspecified atom stereocenters. The van der Waals surface area contributed by atoms with Crippen molar-refractivity contribution < 1.29 is 17.9 Å². The third-order valence-corrected chi connectivity index (χ3v) is 5.38. The van der Waals surface area contributed by atoms with E-state index in [4.69, 9.17) is 4.74 Å². The number of hydrogen-bond acceptors (Lipinski definition) is 5.